The van der Waals surface area contributed by atoms with Gasteiger partial charge in [0.05, 0.1) is 0 Å². The first kappa shape index (κ1) is 9.51. The molecule has 0 aromatic rings. The second kappa shape index (κ2) is 3.61. The molecule has 13 heavy (non-hydrogen) atoms. The minimum absolute atomic E-state index is 0.730. The molecule has 2 fully saturated rings. The maximum atomic E-state index is 3.66. The first-order valence-corrected chi connectivity index (χ1v) is 6.02. The molecule has 1 saturated carbocycles. The van der Waals surface area contributed by atoms with Crippen LogP contribution in [-0.2, 0) is 0 Å². The molecule has 1 aliphatic carbocycles. The van der Waals surface area contributed by atoms with E-state index in [1.165, 1.54) is 45.1 Å². The van der Waals surface area contributed by atoms with E-state index < -0.39 is 0 Å². The van der Waals surface area contributed by atoms with Crippen LogP contribution in [0.4, 0.5) is 0 Å². The van der Waals surface area contributed by atoms with Crippen LogP contribution in [0.1, 0.15) is 52.4 Å². The fourth-order valence-corrected chi connectivity index (χ4v) is 3.29. The quantitative estimate of drug-likeness (QED) is 0.690. The molecule has 0 bridgehead atoms. The largest absolute Gasteiger partial charge is 0.312 e. The van der Waals surface area contributed by atoms with Gasteiger partial charge in [-0.2, -0.15) is 0 Å². The van der Waals surface area contributed by atoms with Crippen molar-refractivity contribution in [1.29, 1.82) is 0 Å². The van der Waals surface area contributed by atoms with Gasteiger partial charge in [-0.1, -0.05) is 39.5 Å². The van der Waals surface area contributed by atoms with E-state index >= 15 is 0 Å². The first-order valence-electron chi connectivity index (χ1n) is 6.02. The van der Waals surface area contributed by atoms with E-state index in [9.17, 15) is 0 Å². The van der Waals surface area contributed by atoms with Crippen molar-refractivity contribution in [2.24, 2.45) is 11.3 Å². The second-order valence-electron chi connectivity index (χ2n) is 5.17. The van der Waals surface area contributed by atoms with Gasteiger partial charge in [0, 0.05) is 12.6 Å². The van der Waals surface area contributed by atoms with Crippen LogP contribution in [0, 0.1) is 11.3 Å². The summed E-state index contributed by atoms with van der Waals surface area (Å²) in [5, 5.41) is 3.66. The Balaban J connectivity index is 1.98. The summed E-state index contributed by atoms with van der Waals surface area (Å²) in [6, 6.07) is 0.845. The molecule has 0 aromatic carbocycles. The van der Waals surface area contributed by atoms with E-state index in [2.05, 4.69) is 19.2 Å². The fourth-order valence-electron chi connectivity index (χ4n) is 3.29. The van der Waals surface area contributed by atoms with Crippen LogP contribution in [0.3, 0.4) is 0 Å². The van der Waals surface area contributed by atoms with Crippen LogP contribution >= 0.6 is 0 Å². The van der Waals surface area contributed by atoms with Gasteiger partial charge < -0.3 is 5.32 Å². The standard InChI is InChI=1S/C12H23N/c1-3-10(2)11-12(9-13-11)7-5-4-6-8-12/h10-11,13H,3-9H2,1-2H3. The average molecular weight is 181 g/mol. The highest BCUT2D eigenvalue weighted by atomic mass is 15.0. The Morgan fingerprint density at radius 1 is 1.31 bits per heavy atom. The Labute approximate surface area is 82.3 Å². The maximum Gasteiger partial charge on any atom is 0.0161 e. The van der Waals surface area contributed by atoms with Gasteiger partial charge >= 0.3 is 0 Å². The minimum Gasteiger partial charge on any atom is -0.312 e. The number of hydrogen-bond acceptors (Lipinski definition) is 1. The van der Waals surface area contributed by atoms with Crippen LogP contribution in [0.25, 0.3) is 0 Å². The van der Waals surface area contributed by atoms with Gasteiger partial charge in [0.1, 0.15) is 0 Å². The summed E-state index contributed by atoms with van der Waals surface area (Å²) in [6.07, 6.45) is 8.77. The van der Waals surface area contributed by atoms with Crippen LogP contribution in [0.2, 0.25) is 0 Å². The Kier molecular flexibility index (Phi) is 2.64. The highest BCUT2D eigenvalue weighted by Crippen LogP contribution is 2.46. The minimum atomic E-state index is 0.730. The smallest absolute Gasteiger partial charge is 0.0161 e. The maximum absolute atomic E-state index is 3.66. The Morgan fingerprint density at radius 3 is 2.46 bits per heavy atom. The van der Waals surface area contributed by atoms with Gasteiger partial charge in [-0.25, -0.2) is 0 Å². The molecule has 2 unspecified atom stereocenters. The third kappa shape index (κ3) is 1.52. The van der Waals surface area contributed by atoms with Gasteiger partial charge in [-0.3, -0.25) is 0 Å². The molecule has 0 radical (unpaired) electrons. The number of rotatable bonds is 2. The van der Waals surface area contributed by atoms with Crippen molar-refractivity contribution in [3.63, 3.8) is 0 Å². The highest BCUT2D eigenvalue weighted by molar-refractivity contribution is 5.04. The van der Waals surface area contributed by atoms with Gasteiger partial charge in [-0.15, -0.1) is 0 Å². The molecular formula is C12H23N. The van der Waals surface area contributed by atoms with Crippen molar-refractivity contribution in [3.8, 4) is 0 Å². The monoisotopic (exact) mass is 181 g/mol. The van der Waals surface area contributed by atoms with E-state index in [-0.39, 0.29) is 0 Å². The summed E-state index contributed by atoms with van der Waals surface area (Å²) >= 11 is 0. The lowest BCUT2D eigenvalue weighted by atomic mass is 9.61. The normalized spacial score (nSPS) is 34.2. The third-order valence-corrected chi connectivity index (χ3v) is 4.40. The van der Waals surface area contributed by atoms with Gasteiger partial charge in [0.25, 0.3) is 0 Å². The molecule has 2 atom stereocenters. The predicted molar refractivity (Wildman–Crippen MR) is 56.8 cm³/mol. The molecule has 1 nitrogen and oxygen atoms in total. The van der Waals surface area contributed by atoms with E-state index in [1.54, 1.807) is 0 Å². The van der Waals surface area contributed by atoms with Crippen molar-refractivity contribution < 1.29 is 0 Å². The molecule has 76 valence electrons. The molecule has 1 saturated heterocycles. The zero-order chi connectivity index (χ0) is 9.31. The third-order valence-electron chi connectivity index (χ3n) is 4.40. The van der Waals surface area contributed by atoms with Crippen molar-refractivity contribution in [1.82, 2.24) is 5.32 Å². The zero-order valence-electron chi connectivity index (χ0n) is 9.10. The highest BCUT2D eigenvalue weighted by Gasteiger charge is 2.48. The molecular weight excluding hydrogens is 158 g/mol. The number of nitrogens with one attached hydrogen (secondary N) is 1. The lowest BCUT2D eigenvalue weighted by Gasteiger charge is -2.55. The van der Waals surface area contributed by atoms with Gasteiger partial charge in [0.15, 0.2) is 0 Å². The van der Waals surface area contributed by atoms with E-state index in [4.69, 9.17) is 0 Å². The molecule has 1 heterocycles. The Hall–Kier alpha value is -0.0400. The molecule has 2 rings (SSSR count). The molecule has 1 spiro atoms. The van der Waals surface area contributed by atoms with Crippen molar-refractivity contribution in [2.75, 3.05) is 6.54 Å². The topological polar surface area (TPSA) is 12.0 Å². The van der Waals surface area contributed by atoms with Crippen LogP contribution < -0.4 is 5.32 Å². The summed E-state index contributed by atoms with van der Waals surface area (Å²) in [5.74, 6) is 0.881. The molecule has 2 aliphatic rings. The molecule has 1 N–H and O–H groups in total. The number of hydrogen-bond donors (Lipinski definition) is 1. The van der Waals surface area contributed by atoms with Crippen LogP contribution in [0.15, 0.2) is 0 Å². The SMILES string of the molecule is CCC(C)C1NCC12CCCCC2. The summed E-state index contributed by atoms with van der Waals surface area (Å²) in [4.78, 5) is 0. The molecule has 0 aromatic heterocycles. The summed E-state index contributed by atoms with van der Waals surface area (Å²) < 4.78 is 0. The summed E-state index contributed by atoms with van der Waals surface area (Å²) in [6.45, 7) is 6.04. The van der Waals surface area contributed by atoms with Crippen LogP contribution in [-0.4, -0.2) is 12.6 Å². The molecule has 0 amide bonds. The Bertz CT molecular complexity index is 170. The summed E-state index contributed by atoms with van der Waals surface area (Å²) in [5.41, 5.74) is 0.730. The first-order chi connectivity index (χ1) is 6.28. The van der Waals surface area contributed by atoms with E-state index in [1.807, 2.05) is 0 Å². The van der Waals surface area contributed by atoms with Crippen LogP contribution in [0.5, 0.6) is 0 Å². The van der Waals surface area contributed by atoms with E-state index in [0.29, 0.717) is 0 Å². The summed E-state index contributed by atoms with van der Waals surface area (Å²) in [7, 11) is 0. The average Bonchev–Trinajstić information content (AvgIpc) is 2.17. The molecule has 1 aliphatic heterocycles. The van der Waals surface area contributed by atoms with E-state index in [0.717, 1.165) is 17.4 Å². The zero-order valence-corrected chi connectivity index (χ0v) is 9.10. The Morgan fingerprint density at radius 2 is 2.00 bits per heavy atom. The molecule has 1 heteroatoms. The van der Waals surface area contributed by atoms with Gasteiger partial charge in [-0.05, 0) is 24.2 Å². The van der Waals surface area contributed by atoms with Crippen molar-refractivity contribution >= 4 is 0 Å². The van der Waals surface area contributed by atoms with Crippen molar-refractivity contribution in [2.45, 2.75) is 58.4 Å². The van der Waals surface area contributed by atoms with Crippen molar-refractivity contribution in [3.05, 3.63) is 0 Å². The lowest BCUT2D eigenvalue weighted by Crippen LogP contribution is -2.65. The lowest BCUT2D eigenvalue weighted by molar-refractivity contribution is 0.00573. The second-order valence-corrected chi connectivity index (χ2v) is 5.17. The predicted octanol–water partition coefficient (Wildman–Crippen LogP) is 2.95. The fraction of sp³-hybridized carbons (Fsp3) is 1.00. The van der Waals surface area contributed by atoms with Gasteiger partial charge in [0.2, 0.25) is 0 Å².